The zero-order valence-corrected chi connectivity index (χ0v) is 20.8. The first kappa shape index (κ1) is 27.7. The fraction of sp³-hybridized carbons (Fsp3) is 0.222. The van der Waals surface area contributed by atoms with Crippen molar-refractivity contribution in [1.29, 1.82) is 0 Å². The maximum Gasteiger partial charge on any atom is 0.416 e. The van der Waals surface area contributed by atoms with Crippen LogP contribution in [0.1, 0.15) is 52.5 Å². The van der Waals surface area contributed by atoms with Crippen LogP contribution in [0.3, 0.4) is 0 Å². The Balaban J connectivity index is 1.62. The summed E-state index contributed by atoms with van der Waals surface area (Å²) < 4.78 is 44.6. The first-order valence-corrected chi connectivity index (χ1v) is 12.0. The Morgan fingerprint density at radius 2 is 1.57 bits per heavy atom. The van der Waals surface area contributed by atoms with Gasteiger partial charge in [0.05, 0.1) is 17.7 Å². The molecule has 0 unspecified atom stereocenters. The van der Waals surface area contributed by atoms with Crippen molar-refractivity contribution in [1.82, 2.24) is 5.32 Å². The fourth-order valence-electron chi connectivity index (χ4n) is 3.36. The number of thiocarbonyl (C=S) groups is 1. The standard InChI is InChI=1S/C27H26F3N3O3S/c1-2-3-6-15-36-23-14-5-4-13-22(23)25(35)33-26(37)32-20-11-7-9-18(16-20)24(34)31-21-12-8-10-19(17-21)27(28,29)30/h4-5,7-14,16-17H,2-3,6,15H2,1H3,(H,31,34)(H2,32,33,35,37). The highest BCUT2D eigenvalue weighted by Crippen LogP contribution is 2.30. The number of rotatable bonds is 9. The molecule has 0 atom stereocenters. The van der Waals surface area contributed by atoms with Gasteiger partial charge in [0.15, 0.2) is 5.11 Å². The molecular formula is C27H26F3N3O3S. The van der Waals surface area contributed by atoms with E-state index >= 15 is 0 Å². The molecule has 10 heteroatoms. The maximum atomic E-state index is 12.9. The van der Waals surface area contributed by atoms with Crippen LogP contribution < -0.4 is 20.7 Å². The topological polar surface area (TPSA) is 79.5 Å². The van der Waals surface area contributed by atoms with E-state index in [0.29, 0.717) is 23.6 Å². The number of carbonyl (C=O) groups excluding carboxylic acids is 2. The molecule has 194 valence electrons. The second-order valence-corrected chi connectivity index (χ2v) is 8.48. The Morgan fingerprint density at radius 3 is 2.30 bits per heavy atom. The monoisotopic (exact) mass is 529 g/mol. The number of hydrogen-bond donors (Lipinski definition) is 3. The Kier molecular flexibility index (Phi) is 9.62. The van der Waals surface area contributed by atoms with Gasteiger partial charge in [0, 0.05) is 16.9 Å². The average molecular weight is 530 g/mol. The number of nitrogens with one attached hydrogen (secondary N) is 3. The zero-order chi connectivity index (χ0) is 26.8. The largest absolute Gasteiger partial charge is 0.493 e. The molecule has 0 radical (unpaired) electrons. The van der Waals surface area contributed by atoms with E-state index in [2.05, 4.69) is 22.9 Å². The van der Waals surface area contributed by atoms with Crippen LogP contribution in [0.4, 0.5) is 24.5 Å². The van der Waals surface area contributed by atoms with Gasteiger partial charge in [0.25, 0.3) is 11.8 Å². The van der Waals surface area contributed by atoms with Crippen LogP contribution in [-0.2, 0) is 6.18 Å². The van der Waals surface area contributed by atoms with E-state index in [-0.39, 0.29) is 16.4 Å². The molecule has 3 aromatic carbocycles. The average Bonchev–Trinajstić information content (AvgIpc) is 2.86. The van der Waals surface area contributed by atoms with Crippen LogP contribution in [0.5, 0.6) is 5.75 Å². The van der Waals surface area contributed by atoms with Crippen molar-refractivity contribution in [3.05, 3.63) is 89.5 Å². The lowest BCUT2D eigenvalue weighted by molar-refractivity contribution is -0.137. The van der Waals surface area contributed by atoms with Gasteiger partial charge in [0.2, 0.25) is 0 Å². The first-order chi connectivity index (χ1) is 17.7. The molecule has 6 nitrogen and oxygen atoms in total. The second kappa shape index (κ2) is 12.9. The summed E-state index contributed by atoms with van der Waals surface area (Å²) in [4.78, 5) is 25.4. The van der Waals surface area contributed by atoms with Crippen molar-refractivity contribution in [3.63, 3.8) is 0 Å². The number of unbranched alkanes of at least 4 members (excludes halogenated alkanes) is 2. The van der Waals surface area contributed by atoms with Crippen molar-refractivity contribution < 1.29 is 27.5 Å². The predicted molar refractivity (Wildman–Crippen MR) is 141 cm³/mol. The smallest absolute Gasteiger partial charge is 0.416 e. The van der Waals surface area contributed by atoms with Gasteiger partial charge in [-0.05, 0) is 67.2 Å². The molecule has 2 amide bonds. The number of hydrogen-bond acceptors (Lipinski definition) is 4. The summed E-state index contributed by atoms with van der Waals surface area (Å²) in [5.74, 6) is -0.610. The second-order valence-electron chi connectivity index (χ2n) is 8.07. The Labute approximate surface area is 218 Å². The Bertz CT molecular complexity index is 1260. The summed E-state index contributed by atoms with van der Waals surface area (Å²) in [6.07, 6.45) is -1.56. The minimum atomic E-state index is -4.52. The number of para-hydroxylation sites is 1. The van der Waals surface area contributed by atoms with Crippen LogP contribution in [0.2, 0.25) is 0 Å². The van der Waals surface area contributed by atoms with Crippen LogP contribution in [0.15, 0.2) is 72.8 Å². The molecule has 3 rings (SSSR count). The third kappa shape index (κ3) is 8.32. The van der Waals surface area contributed by atoms with Gasteiger partial charge < -0.3 is 15.4 Å². The molecule has 0 aromatic heterocycles. The molecule has 0 saturated heterocycles. The van der Waals surface area contributed by atoms with E-state index in [4.69, 9.17) is 17.0 Å². The third-order valence-electron chi connectivity index (χ3n) is 5.19. The predicted octanol–water partition coefficient (Wildman–Crippen LogP) is 6.65. The highest BCUT2D eigenvalue weighted by Gasteiger charge is 2.30. The van der Waals surface area contributed by atoms with Gasteiger partial charge in [-0.25, -0.2) is 0 Å². The number of carbonyl (C=O) groups is 2. The van der Waals surface area contributed by atoms with E-state index < -0.39 is 23.6 Å². The number of anilines is 2. The fourth-order valence-corrected chi connectivity index (χ4v) is 3.57. The number of halogens is 3. The minimum Gasteiger partial charge on any atom is -0.493 e. The van der Waals surface area contributed by atoms with Crippen molar-refractivity contribution in [2.45, 2.75) is 32.4 Å². The van der Waals surface area contributed by atoms with E-state index in [0.717, 1.165) is 31.4 Å². The van der Waals surface area contributed by atoms with E-state index in [9.17, 15) is 22.8 Å². The molecule has 3 N–H and O–H groups in total. The third-order valence-corrected chi connectivity index (χ3v) is 5.40. The van der Waals surface area contributed by atoms with Crippen LogP contribution in [0, 0.1) is 0 Å². The van der Waals surface area contributed by atoms with Gasteiger partial charge in [-0.3, -0.25) is 14.9 Å². The first-order valence-electron chi connectivity index (χ1n) is 11.6. The van der Waals surface area contributed by atoms with E-state index in [1.807, 2.05) is 0 Å². The zero-order valence-electron chi connectivity index (χ0n) is 20.0. The maximum absolute atomic E-state index is 12.9. The molecule has 0 spiro atoms. The Morgan fingerprint density at radius 1 is 0.865 bits per heavy atom. The molecule has 0 aliphatic heterocycles. The van der Waals surface area contributed by atoms with Crippen molar-refractivity contribution >= 4 is 40.5 Å². The van der Waals surface area contributed by atoms with Crippen molar-refractivity contribution in [2.24, 2.45) is 0 Å². The summed E-state index contributed by atoms with van der Waals surface area (Å²) in [5.41, 5.74) is 0.0668. The van der Waals surface area contributed by atoms with E-state index in [1.54, 1.807) is 36.4 Å². The molecule has 37 heavy (non-hydrogen) atoms. The van der Waals surface area contributed by atoms with Gasteiger partial charge in [-0.1, -0.05) is 44.0 Å². The molecule has 0 aliphatic rings. The molecular weight excluding hydrogens is 503 g/mol. The van der Waals surface area contributed by atoms with Crippen LogP contribution in [-0.4, -0.2) is 23.5 Å². The lowest BCUT2D eigenvalue weighted by Crippen LogP contribution is -2.34. The van der Waals surface area contributed by atoms with Crippen molar-refractivity contribution in [3.8, 4) is 5.75 Å². The number of benzene rings is 3. The highest BCUT2D eigenvalue weighted by atomic mass is 32.1. The Hall–Kier alpha value is -3.92. The normalized spacial score (nSPS) is 10.9. The molecule has 0 bridgehead atoms. The summed E-state index contributed by atoms with van der Waals surface area (Å²) >= 11 is 5.25. The van der Waals surface area contributed by atoms with E-state index in [1.165, 1.54) is 24.3 Å². The lowest BCUT2D eigenvalue weighted by atomic mass is 10.1. The van der Waals surface area contributed by atoms with Crippen LogP contribution in [0.25, 0.3) is 0 Å². The SMILES string of the molecule is CCCCCOc1ccccc1C(=O)NC(=S)Nc1cccc(C(=O)Nc2cccc(C(F)(F)F)c2)c1. The molecule has 0 aliphatic carbocycles. The lowest BCUT2D eigenvalue weighted by Gasteiger charge is -2.14. The van der Waals surface area contributed by atoms with Crippen molar-refractivity contribution in [2.75, 3.05) is 17.2 Å². The number of ether oxygens (including phenoxy) is 1. The summed E-state index contributed by atoms with van der Waals surface area (Å²) in [6.45, 7) is 2.59. The van der Waals surface area contributed by atoms with Crippen LogP contribution >= 0.6 is 12.2 Å². The van der Waals surface area contributed by atoms with Gasteiger partial charge >= 0.3 is 6.18 Å². The number of alkyl halides is 3. The summed E-state index contributed by atoms with van der Waals surface area (Å²) in [5, 5.41) is 7.88. The summed E-state index contributed by atoms with van der Waals surface area (Å²) in [7, 11) is 0. The van der Waals surface area contributed by atoms with Gasteiger partial charge in [0.1, 0.15) is 5.75 Å². The molecule has 0 heterocycles. The molecule has 0 fully saturated rings. The summed E-state index contributed by atoms with van der Waals surface area (Å²) in [6, 6.07) is 17.4. The highest BCUT2D eigenvalue weighted by molar-refractivity contribution is 7.80. The quantitative estimate of drug-likeness (QED) is 0.214. The van der Waals surface area contributed by atoms with Gasteiger partial charge in [-0.15, -0.1) is 0 Å². The molecule has 3 aromatic rings. The minimum absolute atomic E-state index is 0.00113. The van der Waals surface area contributed by atoms with Gasteiger partial charge in [-0.2, -0.15) is 13.2 Å². The molecule has 0 saturated carbocycles. The number of amides is 2.